The molecule has 8 atom stereocenters. The molecule has 3 heteroatoms. The molecule has 4 fully saturated rings. The van der Waals surface area contributed by atoms with E-state index in [1.165, 1.54) is 32.1 Å². The van der Waals surface area contributed by atoms with E-state index in [1.54, 1.807) is 0 Å². The molecule has 3 aliphatic carbocycles. The Balaban J connectivity index is 1.65. The van der Waals surface area contributed by atoms with Gasteiger partial charge < -0.3 is 10.0 Å². The lowest BCUT2D eigenvalue weighted by Gasteiger charge is -2.61. The molecular formula is C21H35NO2. The second-order valence-corrected chi connectivity index (χ2v) is 9.87. The summed E-state index contributed by atoms with van der Waals surface area (Å²) in [6.07, 6.45) is 8.89. The van der Waals surface area contributed by atoms with Gasteiger partial charge in [0.25, 0.3) is 0 Å². The Morgan fingerprint density at radius 3 is 2.58 bits per heavy atom. The molecule has 0 unspecified atom stereocenters. The highest BCUT2D eigenvalue weighted by molar-refractivity contribution is 5.77. The van der Waals surface area contributed by atoms with E-state index in [9.17, 15) is 9.90 Å². The van der Waals surface area contributed by atoms with Crippen LogP contribution in [0.4, 0.5) is 0 Å². The number of piperidine rings is 1. The minimum Gasteiger partial charge on any atom is -0.392 e. The largest absolute Gasteiger partial charge is 0.392 e. The number of aliphatic hydroxyl groups is 1. The zero-order chi connectivity index (χ0) is 17.3. The van der Waals surface area contributed by atoms with Crippen molar-refractivity contribution in [1.82, 2.24) is 4.90 Å². The van der Waals surface area contributed by atoms with Gasteiger partial charge >= 0.3 is 0 Å². The first-order valence-corrected chi connectivity index (χ1v) is 10.3. The zero-order valence-electron chi connectivity index (χ0n) is 15.9. The third kappa shape index (κ3) is 2.03. The molecule has 0 spiro atoms. The number of hydrogen-bond donors (Lipinski definition) is 1. The number of rotatable bonds is 1. The Kier molecular flexibility index (Phi) is 3.84. The third-order valence-corrected chi connectivity index (χ3v) is 9.20. The van der Waals surface area contributed by atoms with Crippen molar-refractivity contribution in [1.29, 1.82) is 0 Å². The Hall–Kier alpha value is -0.570. The second kappa shape index (κ2) is 5.46. The van der Waals surface area contributed by atoms with Crippen LogP contribution >= 0.6 is 0 Å². The monoisotopic (exact) mass is 333 g/mol. The van der Waals surface area contributed by atoms with Crippen molar-refractivity contribution in [2.24, 2.45) is 34.5 Å². The summed E-state index contributed by atoms with van der Waals surface area (Å²) < 4.78 is 0. The van der Waals surface area contributed by atoms with Gasteiger partial charge in [-0.3, -0.25) is 4.79 Å². The highest BCUT2D eigenvalue weighted by Crippen LogP contribution is 2.65. The predicted molar refractivity (Wildman–Crippen MR) is 95.3 cm³/mol. The molecule has 0 aromatic rings. The van der Waals surface area contributed by atoms with E-state index in [2.05, 4.69) is 25.7 Å². The average molecular weight is 334 g/mol. The number of amides is 1. The van der Waals surface area contributed by atoms with Crippen molar-refractivity contribution in [3.63, 3.8) is 0 Å². The fourth-order valence-corrected chi connectivity index (χ4v) is 7.69. The lowest BCUT2D eigenvalue weighted by atomic mass is 9.47. The highest BCUT2D eigenvalue weighted by Gasteiger charge is 2.62. The molecule has 1 amide bonds. The minimum atomic E-state index is -0.102. The summed E-state index contributed by atoms with van der Waals surface area (Å²) in [5, 5.41) is 11.0. The Morgan fingerprint density at radius 1 is 1.12 bits per heavy atom. The van der Waals surface area contributed by atoms with Gasteiger partial charge in [-0.15, -0.1) is 0 Å². The predicted octanol–water partition coefficient (Wildman–Crippen LogP) is 3.85. The van der Waals surface area contributed by atoms with E-state index in [-0.39, 0.29) is 11.5 Å². The molecule has 0 bridgehead atoms. The van der Waals surface area contributed by atoms with Gasteiger partial charge in [-0.25, -0.2) is 0 Å². The number of likely N-dealkylation sites (tertiary alicyclic amines) is 1. The number of nitrogens with zero attached hydrogens (tertiary/aromatic N) is 1. The maximum absolute atomic E-state index is 12.2. The molecule has 1 heterocycles. The topological polar surface area (TPSA) is 40.5 Å². The molecule has 24 heavy (non-hydrogen) atoms. The first kappa shape index (κ1) is 16.9. The van der Waals surface area contributed by atoms with E-state index in [4.69, 9.17) is 0 Å². The molecule has 1 aliphatic heterocycles. The van der Waals surface area contributed by atoms with Crippen molar-refractivity contribution < 1.29 is 9.90 Å². The van der Waals surface area contributed by atoms with E-state index in [0.29, 0.717) is 29.2 Å². The summed E-state index contributed by atoms with van der Waals surface area (Å²) in [4.78, 5) is 14.3. The highest BCUT2D eigenvalue weighted by atomic mass is 16.3. The smallest absolute Gasteiger partial charge is 0.222 e. The van der Waals surface area contributed by atoms with Crippen LogP contribution in [0.2, 0.25) is 0 Å². The summed E-state index contributed by atoms with van der Waals surface area (Å²) in [5.74, 6) is 3.04. The van der Waals surface area contributed by atoms with Crippen LogP contribution in [0, 0.1) is 34.5 Å². The molecule has 3 saturated carbocycles. The zero-order valence-corrected chi connectivity index (χ0v) is 15.9. The van der Waals surface area contributed by atoms with E-state index < -0.39 is 0 Å². The van der Waals surface area contributed by atoms with Crippen LogP contribution in [0.3, 0.4) is 0 Å². The first-order chi connectivity index (χ1) is 11.3. The molecule has 0 aromatic carbocycles. The summed E-state index contributed by atoms with van der Waals surface area (Å²) in [5.41, 5.74) is 0.434. The number of fused-ring (bicyclic) bond motifs is 5. The molecule has 4 aliphatic rings. The first-order valence-electron chi connectivity index (χ1n) is 10.3. The van der Waals surface area contributed by atoms with E-state index in [1.807, 2.05) is 7.05 Å². The summed E-state index contributed by atoms with van der Waals surface area (Å²) in [6, 6.07) is 0.442. The normalized spacial score (nSPS) is 54.2. The quantitative estimate of drug-likeness (QED) is 0.792. The molecule has 1 saturated heterocycles. The lowest BCUT2D eigenvalue weighted by molar-refractivity contribution is -0.160. The van der Waals surface area contributed by atoms with E-state index in [0.717, 1.165) is 31.1 Å². The number of hydrogen-bond acceptors (Lipinski definition) is 2. The van der Waals surface area contributed by atoms with Crippen molar-refractivity contribution in [2.45, 2.75) is 84.3 Å². The van der Waals surface area contributed by atoms with Crippen LogP contribution in [0.25, 0.3) is 0 Å². The molecule has 3 nitrogen and oxygen atoms in total. The van der Waals surface area contributed by atoms with Crippen molar-refractivity contribution in [2.75, 3.05) is 7.05 Å². The fraction of sp³-hybridized carbons (Fsp3) is 0.952. The van der Waals surface area contributed by atoms with Crippen LogP contribution in [0.15, 0.2) is 0 Å². The minimum absolute atomic E-state index is 0.102. The molecule has 136 valence electrons. The second-order valence-electron chi connectivity index (χ2n) is 9.87. The van der Waals surface area contributed by atoms with Gasteiger partial charge in [0.2, 0.25) is 5.91 Å². The number of carbonyl (C=O) groups excluding carboxylic acids is 1. The van der Waals surface area contributed by atoms with Gasteiger partial charge in [0.1, 0.15) is 0 Å². The molecular weight excluding hydrogens is 298 g/mol. The van der Waals surface area contributed by atoms with Crippen molar-refractivity contribution in [3.05, 3.63) is 0 Å². The maximum atomic E-state index is 12.2. The van der Waals surface area contributed by atoms with Gasteiger partial charge in [-0.05, 0) is 73.0 Å². The van der Waals surface area contributed by atoms with Gasteiger partial charge in [0.05, 0.1) is 6.10 Å². The van der Waals surface area contributed by atoms with Crippen LogP contribution < -0.4 is 0 Å². The molecule has 0 radical (unpaired) electrons. The van der Waals surface area contributed by atoms with Crippen LogP contribution in [-0.2, 0) is 4.79 Å². The SMILES string of the molecule is CC[C@H]1C[C@H]2[C@@H]3CC[C@H]4N(C)C(=O)CC[C@]4(C)[C@H]3CC[C@]2(C)[C@H]1O. The average Bonchev–Trinajstić information content (AvgIpc) is 2.83. The van der Waals surface area contributed by atoms with E-state index >= 15 is 0 Å². The van der Waals surface area contributed by atoms with Crippen LogP contribution in [-0.4, -0.2) is 35.1 Å². The number of carbonyl (C=O) groups is 1. The number of aliphatic hydroxyl groups excluding tert-OH is 1. The summed E-state index contributed by atoms with van der Waals surface area (Å²) >= 11 is 0. The third-order valence-electron chi connectivity index (χ3n) is 9.20. The summed E-state index contributed by atoms with van der Waals surface area (Å²) in [7, 11) is 2.03. The Morgan fingerprint density at radius 2 is 1.88 bits per heavy atom. The lowest BCUT2D eigenvalue weighted by Crippen LogP contribution is -2.61. The van der Waals surface area contributed by atoms with Gasteiger partial charge in [-0.1, -0.05) is 27.2 Å². The van der Waals surface area contributed by atoms with Crippen molar-refractivity contribution >= 4 is 5.91 Å². The van der Waals surface area contributed by atoms with Gasteiger partial charge in [0, 0.05) is 19.5 Å². The Bertz CT molecular complexity index is 534. The van der Waals surface area contributed by atoms with Gasteiger partial charge in [0.15, 0.2) is 0 Å². The van der Waals surface area contributed by atoms with Crippen molar-refractivity contribution in [3.8, 4) is 0 Å². The fourth-order valence-electron chi connectivity index (χ4n) is 7.69. The van der Waals surface area contributed by atoms with Crippen LogP contribution in [0.1, 0.15) is 72.1 Å². The van der Waals surface area contributed by atoms with Crippen LogP contribution in [0.5, 0.6) is 0 Å². The molecule has 0 aromatic heterocycles. The summed E-state index contributed by atoms with van der Waals surface area (Å²) in [6.45, 7) is 7.09. The standard InChI is InChI=1S/C21H35NO2/c1-5-13-12-16-14-6-7-17-20(2,11-9-18(23)22(17)4)15(14)8-10-21(16,3)19(13)24/h13-17,19,24H,5-12H2,1-4H3/t13-,14+,15-,16-,17+,19-,20+,21-/m0/s1. The molecule has 1 N–H and O–H groups in total. The molecule has 4 rings (SSSR count). The maximum Gasteiger partial charge on any atom is 0.222 e. The van der Waals surface area contributed by atoms with Gasteiger partial charge in [-0.2, -0.15) is 0 Å². The Labute approximate surface area is 147 Å².